The highest BCUT2D eigenvalue weighted by molar-refractivity contribution is 5.54. The van der Waals surface area contributed by atoms with Gasteiger partial charge in [-0.2, -0.15) is 0 Å². The van der Waals surface area contributed by atoms with Crippen molar-refractivity contribution in [1.29, 1.82) is 0 Å². The molecule has 1 heterocycles. The lowest BCUT2D eigenvalue weighted by atomic mass is 10.0. The van der Waals surface area contributed by atoms with Gasteiger partial charge in [0.05, 0.1) is 18.8 Å². The lowest BCUT2D eigenvalue weighted by Crippen LogP contribution is -2.44. The quantitative estimate of drug-likeness (QED) is 0.872. The predicted octanol–water partition coefficient (Wildman–Crippen LogP) is 2.22. The number of nitrogens with zero attached hydrogens (tertiary/aromatic N) is 1. The van der Waals surface area contributed by atoms with Crippen LogP contribution < -0.4 is 9.64 Å². The average Bonchev–Trinajstić information content (AvgIpc) is 2.37. The lowest BCUT2D eigenvalue weighted by Gasteiger charge is -2.36. The molecule has 0 bridgehead atoms. The Bertz CT molecular complexity index is 401. The topological polar surface area (TPSA) is 32.7 Å². The second-order valence-electron chi connectivity index (χ2n) is 5.27. The molecular weight excluding hydrogens is 214 g/mol. The molecule has 2 rings (SSSR count). The number of anilines is 1. The highest BCUT2D eigenvalue weighted by Gasteiger charge is 2.23. The van der Waals surface area contributed by atoms with Crippen LogP contribution in [-0.4, -0.2) is 30.9 Å². The van der Waals surface area contributed by atoms with Gasteiger partial charge in [0.15, 0.2) is 0 Å². The Morgan fingerprint density at radius 2 is 2.18 bits per heavy atom. The summed E-state index contributed by atoms with van der Waals surface area (Å²) in [5.41, 5.74) is 2.16. The Kier molecular flexibility index (Phi) is 3.29. The molecule has 0 aromatic heterocycles. The summed E-state index contributed by atoms with van der Waals surface area (Å²) in [6.45, 7) is 5.02. The van der Waals surface area contributed by atoms with Crippen LogP contribution in [0.1, 0.15) is 25.8 Å². The summed E-state index contributed by atoms with van der Waals surface area (Å²) in [6.07, 6.45) is 2.17. The van der Waals surface area contributed by atoms with E-state index in [9.17, 15) is 5.11 Å². The number of aryl methyl sites for hydroxylation is 1. The SMILES string of the molecule is CN(c1ccc2c(c1)CCCO2)C(C)(C)CO. The van der Waals surface area contributed by atoms with E-state index in [1.54, 1.807) is 0 Å². The minimum Gasteiger partial charge on any atom is -0.493 e. The molecule has 0 aliphatic carbocycles. The lowest BCUT2D eigenvalue weighted by molar-refractivity contribution is 0.216. The van der Waals surface area contributed by atoms with Gasteiger partial charge >= 0.3 is 0 Å². The molecule has 1 aromatic carbocycles. The molecular formula is C14H21NO2. The molecule has 1 N–H and O–H groups in total. The molecule has 3 nitrogen and oxygen atoms in total. The number of fused-ring (bicyclic) bond motifs is 1. The van der Waals surface area contributed by atoms with Gasteiger partial charge in [-0.15, -0.1) is 0 Å². The van der Waals surface area contributed by atoms with E-state index in [4.69, 9.17) is 4.74 Å². The molecule has 94 valence electrons. The fourth-order valence-corrected chi connectivity index (χ4v) is 2.01. The van der Waals surface area contributed by atoms with Crippen LogP contribution in [0.5, 0.6) is 5.75 Å². The van der Waals surface area contributed by atoms with Gasteiger partial charge in [-0.05, 0) is 50.5 Å². The van der Waals surface area contributed by atoms with Crippen molar-refractivity contribution in [2.24, 2.45) is 0 Å². The zero-order chi connectivity index (χ0) is 12.5. The fourth-order valence-electron chi connectivity index (χ4n) is 2.01. The van der Waals surface area contributed by atoms with Gasteiger partial charge in [-0.3, -0.25) is 0 Å². The number of ether oxygens (including phenoxy) is 1. The highest BCUT2D eigenvalue weighted by Crippen LogP contribution is 2.31. The second kappa shape index (κ2) is 4.57. The number of hydrogen-bond acceptors (Lipinski definition) is 3. The van der Waals surface area contributed by atoms with Gasteiger partial charge in [-0.1, -0.05) is 0 Å². The van der Waals surface area contributed by atoms with Gasteiger partial charge < -0.3 is 14.7 Å². The Labute approximate surface area is 103 Å². The summed E-state index contributed by atoms with van der Waals surface area (Å²) < 4.78 is 5.60. The normalized spacial score (nSPS) is 15.1. The van der Waals surface area contributed by atoms with Crippen molar-refractivity contribution in [3.63, 3.8) is 0 Å². The van der Waals surface area contributed by atoms with Crippen LogP contribution >= 0.6 is 0 Å². The van der Waals surface area contributed by atoms with E-state index >= 15 is 0 Å². The van der Waals surface area contributed by atoms with Crippen LogP contribution in [0.2, 0.25) is 0 Å². The number of likely N-dealkylation sites (N-methyl/N-ethyl adjacent to an activating group) is 1. The van der Waals surface area contributed by atoms with Gasteiger partial charge in [0, 0.05) is 12.7 Å². The van der Waals surface area contributed by atoms with E-state index in [1.165, 1.54) is 5.56 Å². The first-order valence-corrected chi connectivity index (χ1v) is 6.15. The minimum absolute atomic E-state index is 0.136. The molecule has 1 aliphatic rings. The zero-order valence-corrected chi connectivity index (χ0v) is 10.9. The standard InChI is InChI=1S/C14H21NO2/c1-14(2,10-16)15(3)12-6-7-13-11(9-12)5-4-8-17-13/h6-7,9,16H,4-5,8,10H2,1-3H3. The molecule has 1 aromatic rings. The largest absolute Gasteiger partial charge is 0.493 e. The number of hydrogen-bond donors (Lipinski definition) is 1. The number of rotatable bonds is 3. The maximum atomic E-state index is 9.40. The first-order chi connectivity index (χ1) is 8.04. The number of aliphatic hydroxyl groups excluding tert-OH is 1. The van der Waals surface area contributed by atoms with Crippen molar-refractivity contribution in [1.82, 2.24) is 0 Å². The van der Waals surface area contributed by atoms with Crippen LogP contribution in [-0.2, 0) is 6.42 Å². The van der Waals surface area contributed by atoms with Crippen LogP contribution in [0.4, 0.5) is 5.69 Å². The first kappa shape index (κ1) is 12.2. The molecule has 0 radical (unpaired) electrons. The Morgan fingerprint density at radius 1 is 1.41 bits per heavy atom. The molecule has 0 amide bonds. The van der Waals surface area contributed by atoms with Crippen LogP contribution in [0.25, 0.3) is 0 Å². The highest BCUT2D eigenvalue weighted by atomic mass is 16.5. The summed E-state index contributed by atoms with van der Waals surface area (Å²) in [6, 6.07) is 6.27. The monoisotopic (exact) mass is 235 g/mol. The molecule has 0 atom stereocenters. The third-order valence-electron chi connectivity index (χ3n) is 3.57. The van der Waals surface area contributed by atoms with Crippen molar-refractivity contribution in [3.8, 4) is 5.75 Å². The van der Waals surface area contributed by atoms with Crippen molar-refractivity contribution in [3.05, 3.63) is 23.8 Å². The molecule has 0 fully saturated rings. The average molecular weight is 235 g/mol. The van der Waals surface area contributed by atoms with E-state index in [0.29, 0.717) is 0 Å². The van der Waals surface area contributed by atoms with E-state index in [1.807, 2.05) is 27.0 Å². The zero-order valence-electron chi connectivity index (χ0n) is 10.9. The summed E-state index contributed by atoms with van der Waals surface area (Å²) in [5, 5.41) is 9.40. The van der Waals surface area contributed by atoms with Crippen LogP contribution in [0.15, 0.2) is 18.2 Å². The summed E-state index contributed by atoms with van der Waals surface area (Å²) in [4.78, 5) is 2.11. The van der Waals surface area contributed by atoms with Crippen molar-refractivity contribution < 1.29 is 9.84 Å². The van der Waals surface area contributed by atoms with Gasteiger partial charge in [0.2, 0.25) is 0 Å². The Morgan fingerprint density at radius 3 is 2.88 bits per heavy atom. The molecule has 3 heteroatoms. The van der Waals surface area contributed by atoms with Crippen LogP contribution in [0, 0.1) is 0 Å². The number of aliphatic hydroxyl groups is 1. The van der Waals surface area contributed by atoms with Crippen LogP contribution in [0.3, 0.4) is 0 Å². The molecule has 0 saturated carbocycles. The fraction of sp³-hybridized carbons (Fsp3) is 0.571. The summed E-state index contributed by atoms with van der Waals surface area (Å²) >= 11 is 0. The van der Waals surface area contributed by atoms with Gasteiger partial charge in [0.25, 0.3) is 0 Å². The molecule has 0 spiro atoms. The molecule has 1 aliphatic heterocycles. The third-order valence-corrected chi connectivity index (χ3v) is 3.57. The maximum absolute atomic E-state index is 9.40. The van der Waals surface area contributed by atoms with E-state index in [-0.39, 0.29) is 12.1 Å². The molecule has 17 heavy (non-hydrogen) atoms. The Balaban J connectivity index is 2.28. The van der Waals surface area contributed by atoms with E-state index in [0.717, 1.165) is 30.9 Å². The minimum atomic E-state index is -0.246. The van der Waals surface area contributed by atoms with Crippen molar-refractivity contribution in [2.75, 3.05) is 25.2 Å². The van der Waals surface area contributed by atoms with Crippen molar-refractivity contribution >= 4 is 5.69 Å². The van der Waals surface area contributed by atoms with E-state index < -0.39 is 0 Å². The summed E-state index contributed by atoms with van der Waals surface area (Å²) in [5.74, 6) is 1.01. The smallest absolute Gasteiger partial charge is 0.122 e. The predicted molar refractivity (Wildman–Crippen MR) is 69.8 cm³/mol. The third kappa shape index (κ3) is 2.39. The van der Waals surface area contributed by atoms with Gasteiger partial charge in [-0.25, -0.2) is 0 Å². The maximum Gasteiger partial charge on any atom is 0.122 e. The summed E-state index contributed by atoms with van der Waals surface area (Å²) in [7, 11) is 2.02. The number of benzene rings is 1. The first-order valence-electron chi connectivity index (χ1n) is 6.15. The molecule has 0 saturated heterocycles. The van der Waals surface area contributed by atoms with Crippen molar-refractivity contribution in [2.45, 2.75) is 32.2 Å². The molecule has 0 unspecified atom stereocenters. The van der Waals surface area contributed by atoms with Gasteiger partial charge in [0.1, 0.15) is 5.75 Å². The second-order valence-corrected chi connectivity index (χ2v) is 5.27. The van der Waals surface area contributed by atoms with E-state index in [2.05, 4.69) is 17.0 Å². The Hall–Kier alpha value is -1.22.